The minimum atomic E-state index is -0.529. The fourth-order valence-corrected chi connectivity index (χ4v) is 2.35. The number of nitrogens with one attached hydrogen (secondary N) is 1. The van der Waals surface area contributed by atoms with Gasteiger partial charge in [-0.25, -0.2) is 4.98 Å². The van der Waals surface area contributed by atoms with Crippen LogP contribution >= 0.6 is 11.8 Å². The molecule has 1 aromatic heterocycles. The quantitative estimate of drug-likeness (QED) is 0.728. The molecule has 0 bridgehead atoms. The predicted octanol–water partition coefficient (Wildman–Crippen LogP) is 1.07. The van der Waals surface area contributed by atoms with E-state index in [0.717, 1.165) is 6.54 Å². The zero-order valence-electron chi connectivity index (χ0n) is 9.69. The Morgan fingerprint density at radius 1 is 1.65 bits per heavy atom. The molecule has 1 aliphatic rings. The van der Waals surface area contributed by atoms with Crippen LogP contribution in [0.2, 0.25) is 0 Å². The highest BCUT2D eigenvalue weighted by Crippen LogP contribution is 2.46. The Labute approximate surface area is 104 Å². The number of nitrogen functional groups attached to an aromatic ring is 1. The highest BCUT2D eigenvalue weighted by atomic mass is 32.2. The van der Waals surface area contributed by atoms with Crippen molar-refractivity contribution in [2.75, 3.05) is 23.9 Å². The SMILES string of the molecule is CSC1(CNc2cc(C(N)=O)c(N)cn2)CC1. The normalized spacial score (nSPS) is 16.5. The van der Waals surface area contributed by atoms with Crippen molar-refractivity contribution < 1.29 is 4.79 Å². The molecule has 1 heterocycles. The van der Waals surface area contributed by atoms with Crippen LogP contribution < -0.4 is 16.8 Å². The molecule has 5 nitrogen and oxygen atoms in total. The van der Waals surface area contributed by atoms with Gasteiger partial charge in [0.2, 0.25) is 0 Å². The maximum atomic E-state index is 11.1. The molecule has 5 N–H and O–H groups in total. The molecule has 92 valence electrons. The van der Waals surface area contributed by atoms with Crippen molar-refractivity contribution in [2.45, 2.75) is 17.6 Å². The van der Waals surface area contributed by atoms with Gasteiger partial charge in [-0.1, -0.05) is 0 Å². The van der Waals surface area contributed by atoms with Crippen LogP contribution in [0.15, 0.2) is 12.3 Å². The summed E-state index contributed by atoms with van der Waals surface area (Å²) in [6.45, 7) is 0.850. The monoisotopic (exact) mass is 252 g/mol. The van der Waals surface area contributed by atoms with E-state index in [0.29, 0.717) is 21.8 Å². The molecule has 0 aliphatic heterocycles. The van der Waals surface area contributed by atoms with Crippen LogP contribution in [0.1, 0.15) is 23.2 Å². The predicted molar refractivity (Wildman–Crippen MR) is 71.1 cm³/mol. The van der Waals surface area contributed by atoms with E-state index in [2.05, 4.69) is 16.6 Å². The first-order chi connectivity index (χ1) is 8.06. The Kier molecular flexibility index (Phi) is 3.15. The number of nitrogens with two attached hydrogens (primary N) is 2. The van der Waals surface area contributed by atoms with E-state index in [9.17, 15) is 4.79 Å². The fraction of sp³-hybridized carbons (Fsp3) is 0.455. The summed E-state index contributed by atoms with van der Waals surface area (Å²) in [4.78, 5) is 15.3. The molecule has 0 aromatic carbocycles. The van der Waals surface area contributed by atoms with Crippen LogP contribution in [0.5, 0.6) is 0 Å². The van der Waals surface area contributed by atoms with E-state index in [4.69, 9.17) is 11.5 Å². The summed E-state index contributed by atoms with van der Waals surface area (Å²) in [7, 11) is 0. The average Bonchev–Trinajstić information content (AvgIpc) is 3.08. The van der Waals surface area contributed by atoms with Crippen molar-refractivity contribution in [1.29, 1.82) is 0 Å². The van der Waals surface area contributed by atoms with Crippen LogP contribution in [0, 0.1) is 0 Å². The van der Waals surface area contributed by atoms with Crippen LogP contribution in [0.25, 0.3) is 0 Å². The first-order valence-electron chi connectivity index (χ1n) is 5.41. The molecule has 1 fully saturated rings. The number of hydrogen-bond donors (Lipinski definition) is 3. The van der Waals surface area contributed by atoms with Crippen molar-refractivity contribution in [3.63, 3.8) is 0 Å². The largest absolute Gasteiger partial charge is 0.397 e. The Bertz CT molecular complexity index is 445. The summed E-state index contributed by atoms with van der Waals surface area (Å²) in [6, 6.07) is 1.61. The number of primary amides is 1. The highest BCUT2D eigenvalue weighted by Gasteiger charge is 2.41. The zero-order valence-corrected chi connectivity index (χ0v) is 10.5. The summed E-state index contributed by atoms with van der Waals surface area (Å²) in [5.41, 5.74) is 11.5. The number of nitrogens with zero attached hydrogens (tertiary/aromatic N) is 1. The number of aromatic nitrogens is 1. The topological polar surface area (TPSA) is 94.0 Å². The van der Waals surface area contributed by atoms with E-state index in [1.807, 2.05) is 11.8 Å². The Hall–Kier alpha value is -1.43. The van der Waals surface area contributed by atoms with Gasteiger partial charge in [0, 0.05) is 11.3 Å². The number of anilines is 2. The van der Waals surface area contributed by atoms with Gasteiger partial charge in [0.25, 0.3) is 5.91 Å². The smallest absolute Gasteiger partial charge is 0.250 e. The van der Waals surface area contributed by atoms with Crippen LogP contribution in [0.4, 0.5) is 11.5 Å². The van der Waals surface area contributed by atoms with E-state index >= 15 is 0 Å². The lowest BCUT2D eigenvalue weighted by Crippen LogP contribution is -2.19. The van der Waals surface area contributed by atoms with Gasteiger partial charge in [-0.15, -0.1) is 0 Å². The molecular weight excluding hydrogens is 236 g/mol. The molecule has 0 radical (unpaired) electrons. The van der Waals surface area contributed by atoms with E-state index < -0.39 is 5.91 Å². The molecule has 1 saturated carbocycles. The Balaban J connectivity index is 2.06. The molecule has 0 unspecified atom stereocenters. The van der Waals surface area contributed by atoms with Gasteiger partial charge >= 0.3 is 0 Å². The van der Waals surface area contributed by atoms with Crippen molar-refractivity contribution in [1.82, 2.24) is 4.98 Å². The van der Waals surface area contributed by atoms with Gasteiger partial charge in [-0.05, 0) is 25.2 Å². The van der Waals surface area contributed by atoms with Gasteiger partial charge in [0.1, 0.15) is 5.82 Å². The minimum absolute atomic E-state index is 0.314. The second-order valence-electron chi connectivity index (χ2n) is 4.26. The van der Waals surface area contributed by atoms with Crippen molar-refractivity contribution in [3.05, 3.63) is 17.8 Å². The average molecular weight is 252 g/mol. The standard InChI is InChI=1S/C11H16N4OS/c1-17-11(2-3-11)6-15-9-4-7(10(13)16)8(12)5-14-9/h4-5H,2-3,6,12H2,1H3,(H2,13,16)(H,14,15). The molecular formula is C11H16N4OS. The lowest BCUT2D eigenvalue weighted by atomic mass is 10.2. The lowest BCUT2D eigenvalue weighted by molar-refractivity contribution is 0.100. The van der Waals surface area contributed by atoms with Gasteiger partial charge in [-0.3, -0.25) is 4.79 Å². The molecule has 0 spiro atoms. The number of amides is 1. The second kappa shape index (κ2) is 4.44. The number of rotatable bonds is 5. The van der Waals surface area contributed by atoms with Gasteiger partial charge < -0.3 is 16.8 Å². The second-order valence-corrected chi connectivity index (χ2v) is 5.54. The minimum Gasteiger partial charge on any atom is -0.397 e. The first-order valence-corrected chi connectivity index (χ1v) is 6.63. The van der Waals surface area contributed by atoms with Crippen molar-refractivity contribution >= 4 is 29.2 Å². The molecule has 2 rings (SSSR count). The maximum Gasteiger partial charge on any atom is 0.250 e. The number of hydrogen-bond acceptors (Lipinski definition) is 5. The molecule has 1 amide bonds. The summed E-state index contributed by atoms with van der Waals surface area (Å²) in [6.07, 6.45) is 6.01. The zero-order chi connectivity index (χ0) is 12.5. The Morgan fingerprint density at radius 3 is 2.88 bits per heavy atom. The number of pyridine rings is 1. The summed E-state index contributed by atoms with van der Waals surface area (Å²) < 4.78 is 0.343. The third-order valence-corrected chi connectivity index (χ3v) is 4.45. The van der Waals surface area contributed by atoms with Gasteiger partial charge in [-0.2, -0.15) is 11.8 Å². The van der Waals surface area contributed by atoms with E-state index in [-0.39, 0.29) is 0 Å². The molecule has 1 aliphatic carbocycles. The summed E-state index contributed by atoms with van der Waals surface area (Å²) in [5, 5.41) is 3.23. The molecule has 6 heteroatoms. The summed E-state index contributed by atoms with van der Waals surface area (Å²) in [5.74, 6) is 0.118. The Morgan fingerprint density at radius 2 is 2.35 bits per heavy atom. The summed E-state index contributed by atoms with van der Waals surface area (Å²) >= 11 is 1.86. The number of thioether (sulfide) groups is 1. The fourth-order valence-electron chi connectivity index (χ4n) is 1.62. The van der Waals surface area contributed by atoms with Crippen molar-refractivity contribution in [2.24, 2.45) is 5.73 Å². The molecule has 1 aromatic rings. The van der Waals surface area contributed by atoms with Gasteiger partial charge in [0.15, 0.2) is 0 Å². The lowest BCUT2D eigenvalue weighted by Gasteiger charge is -2.14. The van der Waals surface area contributed by atoms with E-state index in [1.165, 1.54) is 19.0 Å². The molecule has 0 saturated heterocycles. The first kappa shape index (κ1) is 12.0. The van der Waals surface area contributed by atoms with E-state index in [1.54, 1.807) is 6.07 Å². The van der Waals surface area contributed by atoms with Crippen LogP contribution in [-0.4, -0.2) is 28.4 Å². The molecule has 17 heavy (non-hydrogen) atoms. The maximum absolute atomic E-state index is 11.1. The third-order valence-electron chi connectivity index (χ3n) is 3.03. The number of carbonyl (C=O) groups is 1. The van der Waals surface area contributed by atoms with Gasteiger partial charge in [0.05, 0.1) is 17.4 Å². The molecule has 0 atom stereocenters. The van der Waals surface area contributed by atoms with Crippen LogP contribution in [0.3, 0.4) is 0 Å². The third kappa shape index (κ3) is 2.63. The highest BCUT2D eigenvalue weighted by molar-refractivity contribution is 8.00. The van der Waals surface area contributed by atoms with Crippen LogP contribution in [-0.2, 0) is 0 Å². The van der Waals surface area contributed by atoms with Crippen molar-refractivity contribution in [3.8, 4) is 0 Å². The number of carbonyl (C=O) groups excluding carboxylic acids is 1.